The number of nitrogens with one attached hydrogen (secondary N) is 1. The first-order valence-electron chi connectivity index (χ1n) is 8.62. The minimum Gasteiger partial charge on any atom is -0.444 e. The zero-order valence-corrected chi connectivity index (χ0v) is 14.6. The van der Waals surface area contributed by atoms with Gasteiger partial charge in [-0.3, -0.25) is 0 Å². The van der Waals surface area contributed by atoms with E-state index in [9.17, 15) is 4.79 Å². The largest absolute Gasteiger partial charge is 0.444 e. The minimum absolute atomic E-state index is 0.0255. The van der Waals surface area contributed by atoms with Crippen LogP contribution in [0.25, 0.3) is 11.5 Å². The highest BCUT2D eigenvalue weighted by Crippen LogP contribution is 2.26. The SMILES string of the molecule is Cc1coc(-c2cc(NC(=O)N3CCC[C@H](C)CC3)ccc2C)n1. The Hall–Kier alpha value is -2.30. The monoisotopic (exact) mass is 327 g/mol. The Morgan fingerprint density at radius 3 is 2.88 bits per heavy atom. The third kappa shape index (κ3) is 3.78. The molecule has 1 aromatic carbocycles. The molecule has 1 aliphatic rings. The average Bonchev–Trinajstić information content (AvgIpc) is 2.86. The lowest BCUT2D eigenvalue weighted by atomic mass is 10.0. The van der Waals surface area contributed by atoms with Crippen molar-refractivity contribution in [1.82, 2.24) is 9.88 Å². The Labute approximate surface area is 143 Å². The number of likely N-dealkylation sites (tertiary alicyclic amines) is 1. The highest BCUT2D eigenvalue weighted by molar-refractivity contribution is 5.90. The molecule has 5 nitrogen and oxygen atoms in total. The van der Waals surface area contributed by atoms with Crippen LogP contribution in [-0.2, 0) is 0 Å². The van der Waals surface area contributed by atoms with Gasteiger partial charge in [0.1, 0.15) is 6.26 Å². The number of anilines is 1. The number of amides is 2. The van der Waals surface area contributed by atoms with Gasteiger partial charge in [0.25, 0.3) is 0 Å². The molecule has 2 aromatic rings. The van der Waals surface area contributed by atoms with Gasteiger partial charge in [0.15, 0.2) is 0 Å². The second-order valence-corrected chi connectivity index (χ2v) is 6.78. The molecule has 1 aliphatic heterocycles. The van der Waals surface area contributed by atoms with Crippen LogP contribution in [0.4, 0.5) is 10.5 Å². The van der Waals surface area contributed by atoms with Crippen molar-refractivity contribution in [3.05, 3.63) is 35.7 Å². The molecule has 0 spiro atoms. The Bertz CT molecular complexity index is 723. The Balaban J connectivity index is 1.74. The maximum absolute atomic E-state index is 12.5. The van der Waals surface area contributed by atoms with Crippen molar-refractivity contribution in [2.75, 3.05) is 18.4 Å². The minimum atomic E-state index is -0.0255. The number of oxazole rings is 1. The summed E-state index contributed by atoms with van der Waals surface area (Å²) in [6.07, 6.45) is 4.98. The Morgan fingerprint density at radius 2 is 2.12 bits per heavy atom. The highest BCUT2D eigenvalue weighted by Gasteiger charge is 2.19. The van der Waals surface area contributed by atoms with Crippen LogP contribution in [0.5, 0.6) is 0 Å². The van der Waals surface area contributed by atoms with Crippen molar-refractivity contribution in [3.8, 4) is 11.5 Å². The van der Waals surface area contributed by atoms with Crippen molar-refractivity contribution >= 4 is 11.7 Å². The van der Waals surface area contributed by atoms with Crippen LogP contribution in [0.1, 0.15) is 37.4 Å². The molecule has 1 atom stereocenters. The van der Waals surface area contributed by atoms with E-state index in [1.54, 1.807) is 6.26 Å². The van der Waals surface area contributed by atoms with E-state index in [0.717, 1.165) is 48.4 Å². The van der Waals surface area contributed by atoms with Crippen LogP contribution in [0.15, 0.2) is 28.9 Å². The van der Waals surface area contributed by atoms with Crippen molar-refractivity contribution < 1.29 is 9.21 Å². The lowest BCUT2D eigenvalue weighted by Crippen LogP contribution is -2.35. The number of carbonyl (C=O) groups excluding carboxylic acids is 1. The van der Waals surface area contributed by atoms with E-state index < -0.39 is 0 Å². The fourth-order valence-corrected chi connectivity index (χ4v) is 3.08. The van der Waals surface area contributed by atoms with Gasteiger partial charge in [0.2, 0.25) is 5.89 Å². The third-order valence-electron chi connectivity index (χ3n) is 4.64. The number of carbonyl (C=O) groups is 1. The number of hydrogen-bond donors (Lipinski definition) is 1. The number of benzene rings is 1. The normalized spacial score (nSPS) is 18.3. The maximum atomic E-state index is 12.5. The van der Waals surface area contributed by atoms with E-state index in [0.29, 0.717) is 11.8 Å². The molecule has 1 saturated heterocycles. The van der Waals surface area contributed by atoms with Crippen LogP contribution in [0, 0.1) is 19.8 Å². The van der Waals surface area contributed by atoms with E-state index >= 15 is 0 Å². The number of aromatic nitrogens is 1. The van der Waals surface area contributed by atoms with Gasteiger partial charge in [-0.2, -0.15) is 0 Å². The summed E-state index contributed by atoms with van der Waals surface area (Å²) in [5, 5.41) is 3.02. The molecule has 0 saturated carbocycles. The molecule has 2 amide bonds. The van der Waals surface area contributed by atoms with Gasteiger partial charge < -0.3 is 14.6 Å². The molecule has 0 unspecified atom stereocenters. The van der Waals surface area contributed by atoms with Crippen LogP contribution in [0.2, 0.25) is 0 Å². The second kappa shape index (κ2) is 7.07. The fraction of sp³-hybridized carbons (Fsp3) is 0.474. The van der Waals surface area contributed by atoms with Gasteiger partial charge in [-0.1, -0.05) is 13.0 Å². The number of urea groups is 1. The molecular weight excluding hydrogens is 302 g/mol. The molecule has 0 bridgehead atoms. The zero-order chi connectivity index (χ0) is 17.1. The summed E-state index contributed by atoms with van der Waals surface area (Å²) < 4.78 is 5.50. The van der Waals surface area contributed by atoms with Gasteiger partial charge >= 0.3 is 6.03 Å². The molecule has 3 rings (SSSR count). The van der Waals surface area contributed by atoms with Gasteiger partial charge in [0.05, 0.1) is 5.69 Å². The average molecular weight is 327 g/mol. The summed E-state index contributed by atoms with van der Waals surface area (Å²) in [6, 6.07) is 5.81. The summed E-state index contributed by atoms with van der Waals surface area (Å²) in [5.74, 6) is 1.28. The fourth-order valence-electron chi connectivity index (χ4n) is 3.08. The van der Waals surface area contributed by atoms with E-state index in [4.69, 9.17) is 4.42 Å². The lowest BCUT2D eigenvalue weighted by Gasteiger charge is -2.21. The van der Waals surface area contributed by atoms with E-state index in [1.807, 2.05) is 36.9 Å². The molecule has 1 aromatic heterocycles. The first-order valence-corrected chi connectivity index (χ1v) is 8.62. The van der Waals surface area contributed by atoms with Crippen LogP contribution >= 0.6 is 0 Å². The number of aryl methyl sites for hydroxylation is 2. The molecule has 0 aliphatic carbocycles. The van der Waals surface area contributed by atoms with Crippen molar-refractivity contribution in [2.45, 2.75) is 40.0 Å². The predicted molar refractivity (Wildman–Crippen MR) is 95.0 cm³/mol. The molecule has 2 heterocycles. The molecule has 0 radical (unpaired) electrons. The van der Waals surface area contributed by atoms with Crippen LogP contribution in [0.3, 0.4) is 0 Å². The molecule has 1 N–H and O–H groups in total. The van der Waals surface area contributed by atoms with Crippen molar-refractivity contribution in [1.29, 1.82) is 0 Å². The molecule has 128 valence electrons. The lowest BCUT2D eigenvalue weighted by molar-refractivity contribution is 0.213. The summed E-state index contributed by atoms with van der Waals surface area (Å²) >= 11 is 0. The summed E-state index contributed by atoms with van der Waals surface area (Å²) in [4.78, 5) is 18.8. The van der Waals surface area contributed by atoms with E-state index in [-0.39, 0.29) is 6.03 Å². The van der Waals surface area contributed by atoms with Crippen LogP contribution < -0.4 is 5.32 Å². The molecule has 1 fully saturated rings. The quantitative estimate of drug-likeness (QED) is 0.876. The van der Waals surface area contributed by atoms with Gasteiger partial charge in [-0.15, -0.1) is 0 Å². The molecule has 5 heteroatoms. The third-order valence-corrected chi connectivity index (χ3v) is 4.64. The summed E-state index contributed by atoms with van der Waals surface area (Å²) in [6.45, 7) is 7.81. The Morgan fingerprint density at radius 1 is 1.29 bits per heavy atom. The second-order valence-electron chi connectivity index (χ2n) is 6.78. The van der Waals surface area contributed by atoms with Gasteiger partial charge in [0, 0.05) is 24.3 Å². The van der Waals surface area contributed by atoms with E-state index in [2.05, 4.69) is 17.2 Å². The number of hydrogen-bond acceptors (Lipinski definition) is 3. The number of nitrogens with zero attached hydrogens (tertiary/aromatic N) is 2. The van der Waals surface area contributed by atoms with Crippen LogP contribution in [-0.4, -0.2) is 29.0 Å². The topological polar surface area (TPSA) is 58.4 Å². The Kier molecular flexibility index (Phi) is 4.88. The standard InChI is InChI=1S/C19H25N3O2/c1-13-5-4-9-22(10-8-13)19(23)21-16-7-6-14(2)17(11-16)18-20-15(3)12-24-18/h6-7,11-13H,4-5,8-10H2,1-3H3,(H,21,23)/t13-/m0/s1. The predicted octanol–water partition coefficient (Wildman–Crippen LogP) is 4.61. The molecular formula is C19H25N3O2. The first kappa shape index (κ1) is 16.6. The maximum Gasteiger partial charge on any atom is 0.321 e. The summed E-state index contributed by atoms with van der Waals surface area (Å²) in [5.41, 5.74) is 3.59. The molecule has 24 heavy (non-hydrogen) atoms. The van der Waals surface area contributed by atoms with E-state index in [1.165, 1.54) is 6.42 Å². The smallest absolute Gasteiger partial charge is 0.321 e. The van der Waals surface area contributed by atoms with Crippen molar-refractivity contribution in [3.63, 3.8) is 0 Å². The summed E-state index contributed by atoms with van der Waals surface area (Å²) in [7, 11) is 0. The van der Waals surface area contributed by atoms with Gasteiger partial charge in [-0.05, 0) is 56.7 Å². The number of rotatable bonds is 2. The highest BCUT2D eigenvalue weighted by atomic mass is 16.3. The van der Waals surface area contributed by atoms with Crippen molar-refractivity contribution in [2.24, 2.45) is 5.92 Å². The zero-order valence-electron chi connectivity index (χ0n) is 14.6. The van der Waals surface area contributed by atoms with Gasteiger partial charge in [-0.25, -0.2) is 9.78 Å². The first-order chi connectivity index (χ1) is 11.5.